The van der Waals surface area contributed by atoms with Gasteiger partial charge in [-0.3, -0.25) is 9.59 Å². The van der Waals surface area contributed by atoms with Gasteiger partial charge in [0.25, 0.3) is 0 Å². The van der Waals surface area contributed by atoms with Gasteiger partial charge in [-0.1, -0.05) is 207 Å². The average Bonchev–Trinajstić information content (AvgIpc) is 3.07. The number of aliphatic carboxylic acids is 1. The molecule has 0 aliphatic rings. The van der Waals surface area contributed by atoms with E-state index in [1.165, 1.54) is 135 Å². The van der Waals surface area contributed by atoms with Gasteiger partial charge in [0.05, 0.1) is 24.0 Å². The molecule has 5 nitrogen and oxygen atoms in total. The fourth-order valence-electron chi connectivity index (χ4n) is 7.05. The SMILES string of the molecule is CCCCCCCCCCCCCCCCCCCCCCCCC(C(=O)O)[C@@H](CCCCCCCCCOC(=O)C(C)(C)C)O[Si](C)(C)C(C)(C)C. The summed E-state index contributed by atoms with van der Waals surface area (Å²) >= 11 is 0. The Morgan fingerprint density at radius 1 is 0.509 bits per heavy atom. The molecule has 0 aliphatic carbocycles. The molecular formula is C47H94O5Si. The van der Waals surface area contributed by atoms with Gasteiger partial charge in [-0.05, 0) is 58.2 Å². The van der Waals surface area contributed by atoms with Crippen molar-refractivity contribution in [3.8, 4) is 0 Å². The Bertz CT molecular complexity index is 858. The molecule has 53 heavy (non-hydrogen) atoms. The number of carboxylic acids is 1. The summed E-state index contributed by atoms with van der Waals surface area (Å²) in [5, 5.41) is 10.4. The lowest BCUT2D eigenvalue weighted by molar-refractivity contribution is -0.153. The third-order valence-electron chi connectivity index (χ3n) is 11.9. The lowest BCUT2D eigenvalue weighted by Gasteiger charge is -2.41. The van der Waals surface area contributed by atoms with Crippen LogP contribution in [0.1, 0.15) is 248 Å². The molecule has 0 aliphatic heterocycles. The standard InChI is InChI=1S/C47H94O5Si/c1-10-11-12-13-14-15-16-17-18-19-20-21-22-23-24-25-26-27-28-30-33-36-39-42(44(48)49)43(52-53(8,9)47(5,6)7)40-37-34-31-29-32-35-38-41-51-45(50)46(2,3)4/h42-43H,10-41H2,1-9H3,(H,48,49)/t42?,43-/m1/s1. The van der Waals surface area contributed by atoms with Gasteiger partial charge in [-0.2, -0.15) is 0 Å². The van der Waals surface area contributed by atoms with Crippen molar-refractivity contribution in [1.29, 1.82) is 0 Å². The largest absolute Gasteiger partial charge is 0.481 e. The highest BCUT2D eigenvalue weighted by Crippen LogP contribution is 2.39. The van der Waals surface area contributed by atoms with Crippen LogP contribution in [0, 0.1) is 11.3 Å². The topological polar surface area (TPSA) is 72.8 Å². The second-order valence-corrected chi connectivity index (χ2v) is 24.0. The van der Waals surface area contributed by atoms with E-state index in [0.29, 0.717) is 6.61 Å². The summed E-state index contributed by atoms with van der Waals surface area (Å²) in [7, 11) is -2.09. The van der Waals surface area contributed by atoms with E-state index >= 15 is 0 Å². The Balaban J connectivity index is 4.19. The van der Waals surface area contributed by atoms with Crippen molar-refractivity contribution in [3.05, 3.63) is 0 Å². The number of rotatable bonds is 37. The van der Waals surface area contributed by atoms with Gasteiger partial charge in [-0.25, -0.2) is 0 Å². The fraction of sp³-hybridized carbons (Fsp3) is 0.957. The molecule has 316 valence electrons. The highest BCUT2D eigenvalue weighted by atomic mass is 28.4. The van der Waals surface area contributed by atoms with Crippen LogP contribution in [-0.4, -0.2) is 38.1 Å². The summed E-state index contributed by atoms with van der Waals surface area (Å²) in [6.45, 7) is 19.7. The Kier molecular flexibility index (Phi) is 31.7. The van der Waals surface area contributed by atoms with Gasteiger partial charge in [0.2, 0.25) is 0 Å². The second-order valence-electron chi connectivity index (χ2n) is 19.2. The minimum Gasteiger partial charge on any atom is -0.481 e. The number of unbranched alkanes of at least 4 members (excludes halogenated alkanes) is 27. The maximum absolute atomic E-state index is 12.6. The molecular weight excluding hydrogens is 673 g/mol. The van der Waals surface area contributed by atoms with Crippen LogP contribution < -0.4 is 0 Å². The molecule has 0 saturated carbocycles. The van der Waals surface area contributed by atoms with E-state index in [-0.39, 0.29) is 17.1 Å². The van der Waals surface area contributed by atoms with Crippen molar-refractivity contribution in [2.24, 2.45) is 11.3 Å². The van der Waals surface area contributed by atoms with Crippen LogP contribution in [-0.2, 0) is 18.8 Å². The van der Waals surface area contributed by atoms with Crippen LogP contribution in [0.2, 0.25) is 18.1 Å². The molecule has 6 heteroatoms. The predicted octanol–water partition coefficient (Wildman–Crippen LogP) is 15.8. The van der Waals surface area contributed by atoms with Crippen molar-refractivity contribution in [2.45, 2.75) is 272 Å². The van der Waals surface area contributed by atoms with E-state index in [9.17, 15) is 14.7 Å². The Morgan fingerprint density at radius 2 is 0.830 bits per heavy atom. The smallest absolute Gasteiger partial charge is 0.311 e. The van der Waals surface area contributed by atoms with E-state index in [2.05, 4.69) is 40.8 Å². The predicted molar refractivity (Wildman–Crippen MR) is 232 cm³/mol. The summed E-state index contributed by atoms with van der Waals surface area (Å²) in [6.07, 6.45) is 39.1. The number of carboxylic acid groups (broad SMARTS) is 1. The number of ether oxygens (including phenoxy) is 1. The molecule has 1 N–H and O–H groups in total. The maximum atomic E-state index is 12.6. The zero-order valence-electron chi connectivity index (χ0n) is 37.4. The first kappa shape index (κ1) is 52.1. The summed E-state index contributed by atoms with van der Waals surface area (Å²) in [6, 6.07) is 0. The monoisotopic (exact) mass is 767 g/mol. The summed E-state index contributed by atoms with van der Waals surface area (Å²) in [5.41, 5.74) is -0.434. The Labute approximate surface area is 332 Å². The Morgan fingerprint density at radius 3 is 1.15 bits per heavy atom. The Hall–Kier alpha value is -0.883. The highest BCUT2D eigenvalue weighted by molar-refractivity contribution is 6.74. The molecule has 0 rings (SSSR count). The van der Waals surface area contributed by atoms with Crippen molar-refractivity contribution in [2.75, 3.05) is 6.61 Å². The first-order valence-corrected chi connectivity index (χ1v) is 26.1. The molecule has 0 aromatic rings. The zero-order valence-corrected chi connectivity index (χ0v) is 38.4. The summed E-state index contributed by atoms with van der Waals surface area (Å²) < 4.78 is 12.2. The number of carbonyl (C=O) groups excluding carboxylic acids is 1. The molecule has 0 radical (unpaired) electrons. The van der Waals surface area contributed by atoms with E-state index < -0.39 is 25.6 Å². The molecule has 2 atom stereocenters. The van der Waals surface area contributed by atoms with Crippen molar-refractivity contribution in [1.82, 2.24) is 0 Å². The van der Waals surface area contributed by atoms with Gasteiger partial charge in [0, 0.05) is 0 Å². The van der Waals surface area contributed by atoms with Crippen LogP contribution in [0.15, 0.2) is 0 Å². The van der Waals surface area contributed by atoms with E-state index in [1.807, 2.05) is 20.8 Å². The molecule has 0 aromatic carbocycles. The molecule has 0 bridgehead atoms. The lowest BCUT2D eigenvalue weighted by Crippen LogP contribution is -2.47. The van der Waals surface area contributed by atoms with Crippen LogP contribution in [0.25, 0.3) is 0 Å². The first-order chi connectivity index (χ1) is 25.1. The maximum Gasteiger partial charge on any atom is 0.311 e. The fourth-order valence-corrected chi connectivity index (χ4v) is 8.44. The van der Waals surface area contributed by atoms with Crippen molar-refractivity contribution in [3.63, 3.8) is 0 Å². The van der Waals surface area contributed by atoms with Gasteiger partial charge < -0.3 is 14.3 Å². The number of esters is 1. The number of hydrogen-bond acceptors (Lipinski definition) is 4. The van der Waals surface area contributed by atoms with E-state index in [0.717, 1.165) is 64.2 Å². The molecule has 0 spiro atoms. The van der Waals surface area contributed by atoms with Crippen LogP contribution >= 0.6 is 0 Å². The van der Waals surface area contributed by atoms with Crippen molar-refractivity contribution < 1.29 is 23.9 Å². The van der Waals surface area contributed by atoms with Crippen LogP contribution in [0.4, 0.5) is 0 Å². The van der Waals surface area contributed by atoms with Gasteiger partial charge >= 0.3 is 11.9 Å². The van der Waals surface area contributed by atoms with Gasteiger partial charge in [0.15, 0.2) is 8.32 Å². The zero-order chi connectivity index (χ0) is 39.9. The first-order valence-electron chi connectivity index (χ1n) is 23.2. The van der Waals surface area contributed by atoms with Crippen LogP contribution in [0.5, 0.6) is 0 Å². The molecule has 0 saturated heterocycles. The molecule has 0 heterocycles. The van der Waals surface area contributed by atoms with Gasteiger partial charge in [-0.15, -0.1) is 0 Å². The quantitative estimate of drug-likeness (QED) is 0.0387. The van der Waals surface area contributed by atoms with Crippen LogP contribution in [0.3, 0.4) is 0 Å². The minimum absolute atomic E-state index is 0.0575. The lowest BCUT2D eigenvalue weighted by atomic mass is 9.91. The molecule has 0 aromatic heterocycles. The van der Waals surface area contributed by atoms with Crippen molar-refractivity contribution >= 4 is 20.3 Å². The number of carbonyl (C=O) groups is 2. The summed E-state index contributed by atoms with van der Waals surface area (Å²) in [5.74, 6) is -1.21. The van der Waals surface area contributed by atoms with E-state index in [1.54, 1.807) is 0 Å². The van der Waals surface area contributed by atoms with Gasteiger partial charge in [0.1, 0.15) is 0 Å². The third-order valence-corrected chi connectivity index (χ3v) is 16.4. The molecule has 0 amide bonds. The summed E-state index contributed by atoms with van der Waals surface area (Å²) in [4.78, 5) is 24.5. The normalized spacial score (nSPS) is 13.7. The second kappa shape index (κ2) is 32.2. The molecule has 1 unspecified atom stereocenters. The average molecular weight is 767 g/mol. The highest BCUT2D eigenvalue weighted by Gasteiger charge is 2.41. The minimum atomic E-state index is -2.09. The van der Waals surface area contributed by atoms with E-state index in [4.69, 9.17) is 9.16 Å². The molecule has 0 fully saturated rings. The number of hydrogen-bond donors (Lipinski definition) is 1. The third kappa shape index (κ3) is 30.0.